The molecule has 5 aromatic rings. The van der Waals surface area contributed by atoms with Gasteiger partial charge in [0.25, 0.3) is 5.69 Å². The highest BCUT2D eigenvalue weighted by Gasteiger charge is 2.53. The van der Waals surface area contributed by atoms with Crippen LogP contribution >= 0.6 is 0 Å². The highest BCUT2D eigenvalue weighted by Crippen LogP contribution is 2.60. The van der Waals surface area contributed by atoms with Crippen LogP contribution in [0.4, 0.5) is 5.69 Å². The molecule has 4 aromatic carbocycles. The Hall–Kier alpha value is -4.51. The predicted octanol–water partition coefficient (Wildman–Crippen LogP) is 6.83. The van der Waals surface area contributed by atoms with Crippen molar-refractivity contribution >= 4 is 5.69 Å². The van der Waals surface area contributed by atoms with Crippen molar-refractivity contribution in [3.05, 3.63) is 147 Å². The molecule has 1 aromatic heterocycles. The normalized spacial score (nSPS) is 19.5. The van der Waals surface area contributed by atoms with Crippen molar-refractivity contribution in [2.45, 2.75) is 24.2 Å². The molecule has 2 aliphatic rings. The number of hydrogen-bond donors (Lipinski definition) is 0. The van der Waals surface area contributed by atoms with Crippen LogP contribution in [0.25, 0.3) is 16.9 Å². The Bertz CT molecular complexity index is 1610. The van der Waals surface area contributed by atoms with E-state index in [-0.39, 0.29) is 16.0 Å². The van der Waals surface area contributed by atoms with Crippen LogP contribution in [0.15, 0.2) is 109 Å². The van der Waals surface area contributed by atoms with Crippen molar-refractivity contribution in [2.75, 3.05) is 0 Å². The molecule has 0 unspecified atom stereocenters. The Morgan fingerprint density at radius 1 is 0.833 bits per heavy atom. The van der Waals surface area contributed by atoms with Crippen molar-refractivity contribution in [2.24, 2.45) is 0 Å². The molecule has 0 fully saturated rings. The third-order valence-corrected chi connectivity index (χ3v) is 7.88. The van der Waals surface area contributed by atoms with Crippen molar-refractivity contribution in [3.8, 4) is 16.9 Å². The number of nitro benzene ring substituents is 1. The highest BCUT2D eigenvalue weighted by molar-refractivity contribution is 5.75. The lowest BCUT2D eigenvalue weighted by molar-refractivity contribution is -0.384. The summed E-state index contributed by atoms with van der Waals surface area (Å²) >= 11 is 0. The molecule has 0 saturated heterocycles. The fraction of sp³-hybridized carbons (Fsp3) is 0.129. The van der Waals surface area contributed by atoms with E-state index in [1.807, 2.05) is 30.3 Å². The van der Waals surface area contributed by atoms with Gasteiger partial charge >= 0.3 is 0 Å². The predicted molar refractivity (Wildman–Crippen MR) is 139 cm³/mol. The molecule has 5 heteroatoms. The number of fused-ring (bicyclic) bond motifs is 7. The van der Waals surface area contributed by atoms with Crippen LogP contribution in [0, 0.1) is 10.1 Å². The lowest BCUT2D eigenvalue weighted by Crippen LogP contribution is -2.31. The molecule has 2 atom stereocenters. The second-order valence-corrected chi connectivity index (χ2v) is 9.69. The van der Waals surface area contributed by atoms with E-state index < -0.39 is 0 Å². The van der Waals surface area contributed by atoms with Crippen LogP contribution in [0.1, 0.15) is 40.3 Å². The van der Waals surface area contributed by atoms with E-state index >= 15 is 0 Å². The molecular formula is C31H23N3O2. The van der Waals surface area contributed by atoms with Crippen LogP contribution in [-0.4, -0.2) is 14.7 Å². The first kappa shape index (κ1) is 20.8. The van der Waals surface area contributed by atoms with Gasteiger partial charge in [0, 0.05) is 34.4 Å². The Morgan fingerprint density at radius 3 is 2.22 bits per heavy atom. The van der Waals surface area contributed by atoms with Gasteiger partial charge in [-0.3, -0.25) is 10.1 Å². The zero-order valence-electron chi connectivity index (χ0n) is 19.5. The van der Waals surface area contributed by atoms with Gasteiger partial charge in [0.05, 0.1) is 16.3 Å². The minimum atomic E-state index is -0.356. The van der Waals surface area contributed by atoms with E-state index in [0.29, 0.717) is 5.92 Å². The van der Waals surface area contributed by atoms with Gasteiger partial charge in [0.2, 0.25) is 0 Å². The maximum Gasteiger partial charge on any atom is 0.269 e. The molecule has 174 valence electrons. The molecule has 0 radical (unpaired) electrons. The second kappa shape index (κ2) is 7.75. The van der Waals surface area contributed by atoms with E-state index in [4.69, 9.17) is 5.10 Å². The number of nitro groups is 1. The van der Waals surface area contributed by atoms with Gasteiger partial charge in [-0.05, 0) is 59.7 Å². The molecule has 7 rings (SSSR count). The quantitative estimate of drug-likeness (QED) is 0.214. The van der Waals surface area contributed by atoms with Crippen molar-refractivity contribution in [3.63, 3.8) is 0 Å². The van der Waals surface area contributed by atoms with Gasteiger partial charge < -0.3 is 0 Å². The molecular weight excluding hydrogens is 446 g/mol. The SMILES string of the molecule is O=[N+]([O-])c1ccc(-c2nn(-c3ccccc3)c3c2[C@@]2(c4ccccc4)C[C@@H](C3)c3ccccc32)cc1. The smallest absolute Gasteiger partial charge is 0.258 e. The number of hydrogen-bond acceptors (Lipinski definition) is 3. The molecule has 0 N–H and O–H groups in total. The summed E-state index contributed by atoms with van der Waals surface area (Å²) in [5, 5.41) is 16.5. The number of rotatable bonds is 4. The average Bonchev–Trinajstić information content (AvgIpc) is 3.45. The number of non-ortho nitro benzene ring substituents is 1. The number of aromatic nitrogens is 2. The van der Waals surface area contributed by atoms with E-state index in [2.05, 4.69) is 71.4 Å². The summed E-state index contributed by atoms with van der Waals surface area (Å²) in [6, 6.07) is 36.7. The standard InChI is InChI=1S/C31H23N3O2/c35-34(36)25-17-15-21(16-18-25)30-29-28(33(32-30)24-11-5-2-6-12-24)19-22-20-31(29,23-9-3-1-4-10-23)27-14-8-7-13-26(22)27/h1-18,22H,19-20H2/t22-,31-/m1/s1. The fourth-order valence-corrected chi connectivity index (χ4v) is 6.44. The van der Waals surface area contributed by atoms with Crippen LogP contribution in [0.3, 0.4) is 0 Å². The summed E-state index contributed by atoms with van der Waals surface area (Å²) < 4.78 is 2.10. The van der Waals surface area contributed by atoms with Crippen LogP contribution in [0.2, 0.25) is 0 Å². The molecule has 5 nitrogen and oxygen atoms in total. The number of nitrogens with zero attached hydrogens (tertiary/aromatic N) is 3. The van der Waals surface area contributed by atoms with Crippen molar-refractivity contribution in [1.82, 2.24) is 9.78 Å². The lowest BCUT2D eigenvalue weighted by atomic mass is 9.65. The summed E-state index contributed by atoms with van der Waals surface area (Å²) in [5.74, 6) is 0.401. The number of para-hydroxylation sites is 1. The minimum Gasteiger partial charge on any atom is -0.258 e. The van der Waals surface area contributed by atoms with Crippen LogP contribution in [0.5, 0.6) is 0 Å². The molecule has 0 spiro atoms. The number of benzene rings is 4. The van der Waals surface area contributed by atoms with Gasteiger partial charge in [0.1, 0.15) is 0 Å². The fourth-order valence-electron chi connectivity index (χ4n) is 6.44. The maximum absolute atomic E-state index is 11.3. The Balaban J connectivity index is 1.57. The Labute approximate surface area is 208 Å². The molecule has 0 aliphatic heterocycles. The molecule has 36 heavy (non-hydrogen) atoms. The first-order chi connectivity index (χ1) is 17.7. The van der Waals surface area contributed by atoms with Gasteiger partial charge in [-0.25, -0.2) is 4.68 Å². The Kier molecular flexibility index (Phi) is 4.48. The second-order valence-electron chi connectivity index (χ2n) is 9.69. The molecule has 1 heterocycles. The average molecular weight is 470 g/mol. The van der Waals surface area contributed by atoms with Crippen molar-refractivity contribution in [1.29, 1.82) is 0 Å². The maximum atomic E-state index is 11.3. The molecule has 0 amide bonds. The van der Waals surface area contributed by atoms with E-state index in [1.165, 1.54) is 27.9 Å². The van der Waals surface area contributed by atoms with Crippen LogP contribution in [-0.2, 0) is 11.8 Å². The Morgan fingerprint density at radius 2 is 1.50 bits per heavy atom. The van der Waals surface area contributed by atoms with E-state index in [9.17, 15) is 10.1 Å². The topological polar surface area (TPSA) is 61.0 Å². The van der Waals surface area contributed by atoms with E-state index in [0.717, 1.165) is 29.8 Å². The van der Waals surface area contributed by atoms with Gasteiger partial charge in [-0.1, -0.05) is 72.8 Å². The zero-order chi connectivity index (χ0) is 24.3. The highest BCUT2D eigenvalue weighted by atomic mass is 16.6. The summed E-state index contributed by atoms with van der Waals surface area (Å²) in [6.45, 7) is 0. The summed E-state index contributed by atoms with van der Waals surface area (Å²) in [7, 11) is 0. The van der Waals surface area contributed by atoms with Gasteiger partial charge in [-0.15, -0.1) is 0 Å². The van der Waals surface area contributed by atoms with Gasteiger partial charge in [-0.2, -0.15) is 5.10 Å². The van der Waals surface area contributed by atoms with E-state index in [1.54, 1.807) is 12.1 Å². The van der Waals surface area contributed by atoms with Crippen LogP contribution < -0.4 is 0 Å². The molecule has 2 aliphatic carbocycles. The monoisotopic (exact) mass is 469 g/mol. The summed E-state index contributed by atoms with van der Waals surface area (Å²) in [4.78, 5) is 11.0. The third kappa shape index (κ3) is 2.86. The molecule has 0 saturated carbocycles. The summed E-state index contributed by atoms with van der Waals surface area (Å²) in [6.07, 6.45) is 1.89. The zero-order valence-corrected chi connectivity index (χ0v) is 19.5. The first-order valence-corrected chi connectivity index (χ1v) is 12.2. The molecule has 2 bridgehead atoms. The van der Waals surface area contributed by atoms with Crippen molar-refractivity contribution < 1.29 is 4.92 Å². The third-order valence-electron chi connectivity index (χ3n) is 7.88. The minimum absolute atomic E-state index is 0.0826. The summed E-state index contributed by atoms with van der Waals surface area (Å²) in [5.41, 5.74) is 9.00. The first-order valence-electron chi connectivity index (χ1n) is 12.2. The van der Waals surface area contributed by atoms with Gasteiger partial charge in [0.15, 0.2) is 0 Å². The lowest BCUT2D eigenvalue weighted by Gasteiger charge is -2.36. The largest absolute Gasteiger partial charge is 0.269 e.